The molecule has 0 aromatic carbocycles. The molecule has 0 fully saturated rings. The Bertz CT molecular complexity index is 382. The minimum absolute atomic E-state index is 0.132. The molecule has 0 saturated carbocycles. The highest BCUT2D eigenvalue weighted by Gasteiger charge is 2.19. The fraction of sp³-hybridized carbons (Fsp3) is 0.885. The average molecular weight is 410 g/mol. The van der Waals surface area contributed by atoms with E-state index in [9.17, 15) is 9.90 Å². The molecule has 29 heavy (non-hydrogen) atoms. The number of rotatable bonds is 22. The number of carboxylic acid groups (broad SMARTS) is 1. The van der Waals surface area contributed by atoms with E-state index in [-0.39, 0.29) is 5.92 Å². The number of hydrogen-bond donors (Lipinski definition) is 1. The highest BCUT2D eigenvalue weighted by atomic mass is 16.4. The van der Waals surface area contributed by atoms with Crippen molar-refractivity contribution in [3.63, 3.8) is 0 Å². The molecule has 0 bridgehead atoms. The fourth-order valence-electron chi connectivity index (χ4n) is 4.04. The van der Waals surface area contributed by atoms with Crippen molar-refractivity contribution in [1.29, 1.82) is 0 Å². The van der Waals surface area contributed by atoms with Crippen LogP contribution in [0.5, 0.6) is 0 Å². The number of carbonyl (C=O) groups is 1. The van der Waals surface area contributed by atoms with Crippen LogP contribution in [0.15, 0.2) is 12.2 Å². The van der Waals surface area contributed by atoms with Gasteiger partial charge in [0.1, 0.15) is 0 Å². The van der Waals surface area contributed by atoms with Gasteiger partial charge in [0.05, 0.1) is 0 Å². The number of unbranched alkanes of at least 4 members (excludes halogenated alkanes) is 11. The lowest BCUT2D eigenvalue weighted by Crippen LogP contribution is -2.29. The molecular weight excluding hydrogens is 358 g/mol. The summed E-state index contributed by atoms with van der Waals surface area (Å²) in [4.78, 5) is 14.1. The molecule has 0 radical (unpaired) electrons. The molecule has 0 saturated heterocycles. The molecule has 0 aliphatic rings. The molecule has 1 unspecified atom stereocenters. The van der Waals surface area contributed by atoms with E-state index in [1.807, 2.05) is 0 Å². The Labute approximate surface area is 182 Å². The van der Waals surface area contributed by atoms with Gasteiger partial charge in [-0.05, 0) is 51.2 Å². The van der Waals surface area contributed by atoms with Crippen molar-refractivity contribution in [2.45, 2.75) is 124 Å². The van der Waals surface area contributed by atoms with Crippen molar-refractivity contribution in [3.05, 3.63) is 12.2 Å². The summed E-state index contributed by atoms with van der Waals surface area (Å²) in [6.07, 6.45) is 19.8. The van der Waals surface area contributed by atoms with E-state index in [0.717, 1.165) is 38.9 Å². The quantitative estimate of drug-likeness (QED) is 0.146. The van der Waals surface area contributed by atoms with Gasteiger partial charge in [0.2, 0.25) is 0 Å². The van der Waals surface area contributed by atoms with Crippen LogP contribution in [0.1, 0.15) is 124 Å². The Morgan fingerprint density at radius 2 is 1.14 bits per heavy atom. The van der Waals surface area contributed by atoms with Crippen molar-refractivity contribution in [2.24, 2.45) is 5.92 Å². The monoisotopic (exact) mass is 409 g/mol. The molecular formula is C26H51NO2. The Hall–Kier alpha value is -0.830. The topological polar surface area (TPSA) is 40.5 Å². The van der Waals surface area contributed by atoms with E-state index >= 15 is 0 Å². The molecule has 0 aromatic rings. The van der Waals surface area contributed by atoms with Crippen LogP contribution in [-0.4, -0.2) is 35.6 Å². The van der Waals surface area contributed by atoms with Crippen LogP contribution in [0, 0.1) is 5.92 Å². The van der Waals surface area contributed by atoms with Gasteiger partial charge in [-0.3, -0.25) is 0 Å². The number of carboxylic acids is 1. The second kappa shape index (κ2) is 20.4. The van der Waals surface area contributed by atoms with Crippen molar-refractivity contribution in [3.8, 4) is 0 Å². The molecule has 0 spiro atoms. The van der Waals surface area contributed by atoms with Gasteiger partial charge in [-0.25, -0.2) is 4.79 Å². The minimum Gasteiger partial charge on any atom is -0.478 e. The first-order valence-corrected chi connectivity index (χ1v) is 12.7. The molecule has 0 rings (SSSR count). The van der Waals surface area contributed by atoms with E-state index in [2.05, 4.69) is 32.3 Å². The van der Waals surface area contributed by atoms with Gasteiger partial charge < -0.3 is 10.0 Å². The van der Waals surface area contributed by atoms with E-state index in [1.54, 1.807) is 0 Å². The van der Waals surface area contributed by atoms with Crippen molar-refractivity contribution in [2.75, 3.05) is 19.6 Å². The van der Waals surface area contributed by atoms with E-state index in [1.165, 1.54) is 83.5 Å². The summed E-state index contributed by atoms with van der Waals surface area (Å²) >= 11 is 0. The third kappa shape index (κ3) is 16.6. The predicted molar refractivity (Wildman–Crippen MR) is 128 cm³/mol. The van der Waals surface area contributed by atoms with Crippen LogP contribution < -0.4 is 0 Å². The first-order valence-electron chi connectivity index (χ1n) is 12.7. The zero-order chi connectivity index (χ0) is 21.7. The summed E-state index contributed by atoms with van der Waals surface area (Å²) in [6.45, 7) is 14.0. The zero-order valence-corrected chi connectivity index (χ0v) is 20.0. The highest BCUT2D eigenvalue weighted by molar-refractivity contribution is 5.86. The molecule has 0 aliphatic carbocycles. The SMILES string of the molecule is C=C(C(=O)O)C(CCCCCCCC)CCN(CCCCCC)CCCCCC. The lowest BCUT2D eigenvalue weighted by molar-refractivity contribution is -0.133. The maximum absolute atomic E-state index is 11.5. The van der Waals surface area contributed by atoms with Crippen LogP contribution in [0.3, 0.4) is 0 Å². The molecule has 0 amide bonds. The summed E-state index contributed by atoms with van der Waals surface area (Å²) < 4.78 is 0. The molecule has 0 aromatic heterocycles. The number of hydrogen-bond acceptors (Lipinski definition) is 2. The summed E-state index contributed by atoms with van der Waals surface area (Å²) in [5, 5.41) is 9.48. The molecule has 0 heterocycles. The number of aliphatic carboxylic acids is 1. The summed E-state index contributed by atoms with van der Waals surface area (Å²) in [5.41, 5.74) is 0.426. The van der Waals surface area contributed by atoms with Crippen LogP contribution in [0.2, 0.25) is 0 Å². The van der Waals surface area contributed by atoms with E-state index in [0.29, 0.717) is 5.57 Å². The average Bonchev–Trinajstić information content (AvgIpc) is 2.71. The maximum Gasteiger partial charge on any atom is 0.331 e. The standard InChI is InChI=1S/C26H51NO2/c1-5-8-11-14-15-16-19-25(24(4)26(28)29)20-23-27(21-17-12-9-6-2)22-18-13-10-7-3/h25H,4-23H2,1-3H3,(H,28,29). The van der Waals surface area contributed by atoms with Crippen LogP contribution in [-0.2, 0) is 4.79 Å². The van der Waals surface area contributed by atoms with E-state index in [4.69, 9.17) is 0 Å². The Morgan fingerprint density at radius 1 is 0.690 bits per heavy atom. The molecule has 1 atom stereocenters. The lowest BCUT2D eigenvalue weighted by atomic mass is 9.90. The molecule has 3 heteroatoms. The van der Waals surface area contributed by atoms with Crippen LogP contribution in [0.4, 0.5) is 0 Å². The predicted octanol–water partition coefficient (Wildman–Crippen LogP) is 7.85. The smallest absolute Gasteiger partial charge is 0.331 e. The van der Waals surface area contributed by atoms with Gasteiger partial charge in [0, 0.05) is 5.57 Å². The van der Waals surface area contributed by atoms with Crippen LogP contribution >= 0.6 is 0 Å². The molecule has 3 nitrogen and oxygen atoms in total. The van der Waals surface area contributed by atoms with Crippen LogP contribution in [0.25, 0.3) is 0 Å². The largest absolute Gasteiger partial charge is 0.478 e. The van der Waals surface area contributed by atoms with Gasteiger partial charge in [-0.15, -0.1) is 0 Å². The third-order valence-electron chi connectivity index (χ3n) is 6.12. The second-order valence-electron chi connectivity index (χ2n) is 8.84. The molecule has 1 N–H and O–H groups in total. The van der Waals surface area contributed by atoms with Crippen molar-refractivity contribution < 1.29 is 9.90 Å². The van der Waals surface area contributed by atoms with Gasteiger partial charge >= 0.3 is 5.97 Å². The van der Waals surface area contributed by atoms with Gasteiger partial charge in [0.25, 0.3) is 0 Å². The van der Waals surface area contributed by atoms with Gasteiger partial charge in [0.15, 0.2) is 0 Å². The van der Waals surface area contributed by atoms with Gasteiger partial charge in [-0.1, -0.05) is 104 Å². The fourth-order valence-corrected chi connectivity index (χ4v) is 4.04. The van der Waals surface area contributed by atoms with E-state index < -0.39 is 5.97 Å². The minimum atomic E-state index is -0.807. The normalized spacial score (nSPS) is 12.4. The first kappa shape index (κ1) is 28.2. The Balaban J connectivity index is 4.51. The molecule has 172 valence electrons. The summed E-state index contributed by atoms with van der Waals surface area (Å²) in [5.74, 6) is -0.675. The zero-order valence-electron chi connectivity index (χ0n) is 20.0. The number of nitrogens with zero attached hydrogens (tertiary/aromatic N) is 1. The Kier molecular flexibility index (Phi) is 19.9. The highest BCUT2D eigenvalue weighted by Crippen LogP contribution is 2.23. The van der Waals surface area contributed by atoms with Crippen molar-refractivity contribution >= 4 is 5.97 Å². The summed E-state index contributed by atoms with van der Waals surface area (Å²) in [7, 11) is 0. The van der Waals surface area contributed by atoms with Crippen molar-refractivity contribution in [1.82, 2.24) is 4.90 Å². The Morgan fingerprint density at radius 3 is 1.62 bits per heavy atom. The van der Waals surface area contributed by atoms with Gasteiger partial charge in [-0.2, -0.15) is 0 Å². The summed E-state index contributed by atoms with van der Waals surface area (Å²) in [6, 6.07) is 0. The third-order valence-corrected chi connectivity index (χ3v) is 6.12. The first-order chi connectivity index (χ1) is 14.1. The maximum atomic E-state index is 11.5. The lowest BCUT2D eigenvalue weighted by Gasteiger charge is -2.25. The second-order valence-corrected chi connectivity index (χ2v) is 8.84. The molecule has 0 aliphatic heterocycles.